The van der Waals surface area contributed by atoms with E-state index in [-0.39, 0.29) is 0 Å². The lowest BCUT2D eigenvalue weighted by Gasteiger charge is -2.13. The summed E-state index contributed by atoms with van der Waals surface area (Å²) in [7, 11) is 1.90. The Labute approximate surface area is 107 Å². The first-order valence-electron chi connectivity index (χ1n) is 5.86. The molecule has 0 aliphatic rings. The zero-order valence-electron chi connectivity index (χ0n) is 11.0. The molecular formula is C13H19N3S. The molecule has 92 valence electrons. The minimum Gasteiger partial charge on any atom is -0.365 e. The smallest absolute Gasteiger partial charge is 0.182 e. The standard InChI is InChI=1S/C13H19N3S/c1-8(2)16-9(3)6-11(10(16)4)12-7-17-13(14-5)15-12/h6-8H,1-5H3,(H,14,15). The minimum absolute atomic E-state index is 0.492. The van der Waals surface area contributed by atoms with Gasteiger partial charge in [-0.1, -0.05) is 0 Å². The van der Waals surface area contributed by atoms with Crippen LogP contribution in [0.4, 0.5) is 5.13 Å². The monoisotopic (exact) mass is 249 g/mol. The van der Waals surface area contributed by atoms with E-state index in [1.807, 2.05) is 7.05 Å². The van der Waals surface area contributed by atoms with Gasteiger partial charge in [-0.3, -0.25) is 0 Å². The molecule has 0 aromatic carbocycles. The molecule has 0 saturated heterocycles. The van der Waals surface area contributed by atoms with Crippen molar-refractivity contribution in [1.29, 1.82) is 0 Å². The Bertz CT molecular complexity index is 523. The van der Waals surface area contributed by atoms with Crippen LogP contribution >= 0.6 is 11.3 Å². The number of aryl methyl sites for hydroxylation is 1. The molecule has 2 rings (SSSR count). The van der Waals surface area contributed by atoms with Crippen molar-refractivity contribution >= 4 is 16.5 Å². The SMILES string of the molecule is CNc1nc(-c2cc(C)n(C(C)C)c2C)cs1. The molecule has 3 nitrogen and oxygen atoms in total. The zero-order chi connectivity index (χ0) is 12.6. The Morgan fingerprint density at radius 3 is 2.53 bits per heavy atom. The number of hydrogen-bond acceptors (Lipinski definition) is 3. The summed E-state index contributed by atoms with van der Waals surface area (Å²) >= 11 is 1.65. The van der Waals surface area contributed by atoms with E-state index in [0.717, 1.165) is 10.8 Å². The Morgan fingerprint density at radius 1 is 1.35 bits per heavy atom. The van der Waals surface area contributed by atoms with Crippen molar-refractivity contribution in [3.05, 3.63) is 22.8 Å². The summed E-state index contributed by atoms with van der Waals surface area (Å²) < 4.78 is 2.35. The van der Waals surface area contributed by atoms with Gasteiger partial charge in [0.1, 0.15) is 0 Å². The molecule has 0 unspecified atom stereocenters. The third kappa shape index (κ3) is 2.09. The van der Waals surface area contributed by atoms with Crippen LogP contribution in [0, 0.1) is 13.8 Å². The normalized spacial score (nSPS) is 11.2. The van der Waals surface area contributed by atoms with Crippen LogP contribution in [0.5, 0.6) is 0 Å². The molecule has 17 heavy (non-hydrogen) atoms. The average molecular weight is 249 g/mol. The second-order valence-electron chi connectivity index (χ2n) is 4.54. The molecule has 0 aliphatic carbocycles. The summed E-state index contributed by atoms with van der Waals surface area (Å²) in [5, 5.41) is 6.16. The first-order valence-corrected chi connectivity index (χ1v) is 6.74. The van der Waals surface area contributed by atoms with E-state index in [9.17, 15) is 0 Å². The minimum atomic E-state index is 0.492. The average Bonchev–Trinajstić information content (AvgIpc) is 2.82. The summed E-state index contributed by atoms with van der Waals surface area (Å²) in [4.78, 5) is 4.57. The number of anilines is 1. The van der Waals surface area contributed by atoms with Crippen molar-refractivity contribution in [2.75, 3.05) is 12.4 Å². The number of nitrogens with zero attached hydrogens (tertiary/aromatic N) is 2. The summed E-state index contributed by atoms with van der Waals surface area (Å²) in [6.07, 6.45) is 0. The maximum absolute atomic E-state index is 4.57. The molecule has 0 bridgehead atoms. The third-order valence-corrected chi connectivity index (χ3v) is 3.85. The van der Waals surface area contributed by atoms with Crippen LogP contribution in [-0.4, -0.2) is 16.6 Å². The molecule has 0 aliphatic heterocycles. The van der Waals surface area contributed by atoms with Crippen LogP contribution in [0.15, 0.2) is 11.4 Å². The predicted molar refractivity (Wildman–Crippen MR) is 74.9 cm³/mol. The highest BCUT2D eigenvalue weighted by molar-refractivity contribution is 7.14. The van der Waals surface area contributed by atoms with E-state index in [1.165, 1.54) is 17.0 Å². The molecule has 0 spiro atoms. The van der Waals surface area contributed by atoms with Crippen molar-refractivity contribution in [2.24, 2.45) is 0 Å². The molecule has 0 fully saturated rings. The van der Waals surface area contributed by atoms with Crippen molar-refractivity contribution in [1.82, 2.24) is 9.55 Å². The fourth-order valence-corrected chi connectivity index (χ4v) is 3.02. The van der Waals surface area contributed by atoms with Crippen LogP contribution in [-0.2, 0) is 0 Å². The molecule has 1 N–H and O–H groups in total. The highest BCUT2D eigenvalue weighted by atomic mass is 32.1. The quantitative estimate of drug-likeness (QED) is 0.895. The number of thiazole rings is 1. The Balaban J connectivity index is 2.49. The van der Waals surface area contributed by atoms with Crippen LogP contribution in [0.25, 0.3) is 11.3 Å². The van der Waals surface area contributed by atoms with Gasteiger partial charge in [0.25, 0.3) is 0 Å². The topological polar surface area (TPSA) is 29.9 Å². The molecule has 2 heterocycles. The van der Waals surface area contributed by atoms with Gasteiger partial charge in [-0.05, 0) is 33.8 Å². The molecule has 2 aromatic rings. The largest absolute Gasteiger partial charge is 0.365 e. The number of aromatic nitrogens is 2. The Hall–Kier alpha value is -1.29. The Morgan fingerprint density at radius 2 is 2.06 bits per heavy atom. The molecule has 4 heteroatoms. The number of nitrogens with one attached hydrogen (secondary N) is 1. The summed E-state index contributed by atoms with van der Waals surface area (Å²) in [6, 6.07) is 2.72. The van der Waals surface area contributed by atoms with Gasteiger partial charge in [0.2, 0.25) is 0 Å². The third-order valence-electron chi connectivity index (χ3n) is 2.99. The van der Waals surface area contributed by atoms with Gasteiger partial charge in [0, 0.05) is 35.4 Å². The van der Waals surface area contributed by atoms with Crippen LogP contribution < -0.4 is 5.32 Å². The molecule has 0 amide bonds. The van der Waals surface area contributed by atoms with Gasteiger partial charge in [-0.2, -0.15) is 0 Å². The predicted octanol–water partition coefficient (Wildman–Crippen LogP) is 3.85. The molecule has 0 saturated carbocycles. The highest BCUT2D eigenvalue weighted by Crippen LogP contribution is 2.31. The second-order valence-corrected chi connectivity index (χ2v) is 5.39. The molecular weight excluding hydrogens is 230 g/mol. The van der Waals surface area contributed by atoms with Gasteiger partial charge < -0.3 is 9.88 Å². The van der Waals surface area contributed by atoms with E-state index in [0.29, 0.717) is 6.04 Å². The van der Waals surface area contributed by atoms with E-state index < -0.39 is 0 Å². The van der Waals surface area contributed by atoms with E-state index >= 15 is 0 Å². The van der Waals surface area contributed by atoms with Gasteiger partial charge >= 0.3 is 0 Å². The lowest BCUT2D eigenvalue weighted by molar-refractivity contribution is 0.575. The maximum Gasteiger partial charge on any atom is 0.182 e. The first-order chi connectivity index (χ1) is 8.04. The second kappa shape index (κ2) is 4.53. The molecule has 2 aromatic heterocycles. The maximum atomic E-state index is 4.57. The lowest BCUT2D eigenvalue weighted by Crippen LogP contribution is -2.04. The van der Waals surface area contributed by atoms with Crippen LogP contribution in [0.1, 0.15) is 31.3 Å². The summed E-state index contributed by atoms with van der Waals surface area (Å²) in [5.74, 6) is 0. The van der Waals surface area contributed by atoms with Gasteiger partial charge in [0.15, 0.2) is 5.13 Å². The van der Waals surface area contributed by atoms with E-state index in [4.69, 9.17) is 0 Å². The van der Waals surface area contributed by atoms with Gasteiger partial charge in [-0.25, -0.2) is 4.98 Å². The lowest BCUT2D eigenvalue weighted by atomic mass is 10.2. The highest BCUT2D eigenvalue weighted by Gasteiger charge is 2.14. The van der Waals surface area contributed by atoms with E-state index in [2.05, 4.69) is 54.0 Å². The fourth-order valence-electron chi connectivity index (χ4n) is 2.34. The Kier molecular flexibility index (Phi) is 3.24. The van der Waals surface area contributed by atoms with Crippen LogP contribution in [0.2, 0.25) is 0 Å². The molecule has 0 radical (unpaired) electrons. The van der Waals surface area contributed by atoms with Crippen molar-refractivity contribution in [3.8, 4) is 11.3 Å². The molecule has 0 atom stereocenters. The number of rotatable bonds is 3. The first kappa shape index (κ1) is 12.2. The van der Waals surface area contributed by atoms with Gasteiger partial charge in [-0.15, -0.1) is 11.3 Å². The number of hydrogen-bond donors (Lipinski definition) is 1. The van der Waals surface area contributed by atoms with Crippen LogP contribution in [0.3, 0.4) is 0 Å². The van der Waals surface area contributed by atoms with Crippen molar-refractivity contribution in [3.63, 3.8) is 0 Å². The van der Waals surface area contributed by atoms with E-state index in [1.54, 1.807) is 11.3 Å². The van der Waals surface area contributed by atoms with Gasteiger partial charge in [0.05, 0.1) is 5.69 Å². The summed E-state index contributed by atoms with van der Waals surface area (Å²) in [5.41, 5.74) is 4.91. The fraction of sp³-hybridized carbons (Fsp3) is 0.462. The zero-order valence-corrected chi connectivity index (χ0v) is 11.9. The summed E-state index contributed by atoms with van der Waals surface area (Å²) in [6.45, 7) is 8.75. The van der Waals surface area contributed by atoms with Crippen molar-refractivity contribution in [2.45, 2.75) is 33.7 Å². The van der Waals surface area contributed by atoms with Crippen molar-refractivity contribution < 1.29 is 0 Å².